The smallest absolute Gasteiger partial charge is 0.101 e. The highest BCUT2D eigenvalue weighted by Crippen LogP contribution is 2.60. The van der Waals surface area contributed by atoms with Crippen molar-refractivity contribution >= 4 is 0 Å². The minimum Gasteiger partial charge on any atom is -0.377 e. The van der Waals surface area contributed by atoms with Crippen LogP contribution in [0, 0.1) is 5.92 Å². The fourth-order valence-electron chi connectivity index (χ4n) is 4.86. The van der Waals surface area contributed by atoms with Crippen LogP contribution >= 0.6 is 0 Å². The first-order valence-corrected chi connectivity index (χ1v) is 8.79. The maximum absolute atomic E-state index is 6.21. The molecule has 5 atom stereocenters. The molecule has 22 heavy (non-hydrogen) atoms. The van der Waals surface area contributed by atoms with Crippen molar-refractivity contribution < 1.29 is 14.2 Å². The monoisotopic (exact) mass is 304 g/mol. The molecular formula is C19H28O3. The average Bonchev–Trinajstić information content (AvgIpc) is 3.35. The number of ether oxygens (including phenoxy) is 3. The third-order valence-corrected chi connectivity index (χ3v) is 6.37. The first-order valence-electron chi connectivity index (χ1n) is 8.79. The van der Waals surface area contributed by atoms with Gasteiger partial charge in [-0.1, -0.05) is 18.2 Å². The Labute approximate surface area is 133 Å². The lowest BCUT2D eigenvalue weighted by Gasteiger charge is -2.39. The van der Waals surface area contributed by atoms with Crippen molar-refractivity contribution in [1.82, 2.24) is 0 Å². The predicted octanol–water partition coefficient (Wildman–Crippen LogP) is 3.78. The standard InChI is InChI=1S/C19H28O3/c1-13-10-11-19(12-21-19)17(16(13)20-3)18(2)15(22-18)9-8-14-6-4-5-7-14/h8,15-17H,1,4-7,9-12H2,2-3H3/t15?,16-,17-,18+,19+/m1/s1. The Morgan fingerprint density at radius 3 is 2.68 bits per heavy atom. The fraction of sp³-hybridized carbons (Fsp3) is 0.789. The van der Waals surface area contributed by atoms with E-state index in [1.807, 2.05) is 0 Å². The molecule has 0 aromatic rings. The van der Waals surface area contributed by atoms with Crippen LogP contribution in [0.2, 0.25) is 0 Å². The molecule has 1 unspecified atom stereocenters. The molecule has 2 heterocycles. The Bertz CT molecular complexity index is 497. The second-order valence-electron chi connectivity index (χ2n) is 7.74. The molecule has 0 N–H and O–H groups in total. The quantitative estimate of drug-likeness (QED) is 0.585. The molecule has 3 heteroatoms. The molecule has 2 aliphatic carbocycles. The van der Waals surface area contributed by atoms with Gasteiger partial charge in [0.25, 0.3) is 0 Å². The van der Waals surface area contributed by atoms with Crippen molar-refractivity contribution in [3.63, 3.8) is 0 Å². The van der Waals surface area contributed by atoms with Gasteiger partial charge in [0, 0.05) is 7.11 Å². The van der Waals surface area contributed by atoms with Gasteiger partial charge in [-0.15, -0.1) is 0 Å². The summed E-state index contributed by atoms with van der Waals surface area (Å²) in [5.41, 5.74) is 2.71. The van der Waals surface area contributed by atoms with Crippen LogP contribution in [0.5, 0.6) is 0 Å². The number of hydrogen-bond donors (Lipinski definition) is 0. The fourth-order valence-corrected chi connectivity index (χ4v) is 4.86. The zero-order valence-corrected chi connectivity index (χ0v) is 13.9. The molecule has 0 amide bonds. The average molecular weight is 304 g/mol. The molecule has 4 fully saturated rings. The zero-order valence-electron chi connectivity index (χ0n) is 13.9. The van der Waals surface area contributed by atoms with Gasteiger partial charge in [-0.05, 0) is 57.4 Å². The topological polar surface area (TPSA) is 34.3 Å². The molecule has 0 bridgehead atoms. The molecule has 3 nitrogen and oxygen atoms in total. The molecule has 0 radical (unpaired) electrons. The third kappa shape index (κ3) is 2.29. The minimum absolute atomic E-state index is 0.00807. The molecule has 122 valence electrons. The maximum atomic E-state index is 6.21. The Kier molecular flexibility index (Phi) is 3.52. The Hall–Kier alpha value is -0.640. The summed E-state index contributed by atoms with van der Waals surface area (Å²) in [7, 11) is 1.80. The molecule has 0 aromatic heterocycles. The van der Waals surface area contributed by atoms with Crippen LogP contribution in [0.1, 0.15) is 51.9 Å². The van der Waals surface area contributed by atoms with Crippen LogP contribution in [0.3, 0.4) is 0 Å². The Balaban J connectivity index is 1.50. The van der Waals surface area contributed by atoms with Gasteiger partial charge in [-0.25, -0.2) is 0 Å². The minimum atomic E-state index is -0.115. The van der Waals surface area contributed by atoms with Gasteiger partial charge in [0.1, 0.15) is 11.2 Å². The van der Waals surface area contributed by atoms with Crippen molar-refractivity contribution in [3.05, 3.63) is 23.8 Å². The summed E-state index contributed by atoms with van der Waals surface area (Å²) >= 11 is 0. The van der Waals surface area contributed by atoms with E-state index >= 15 is 0 Å². The lowest BCUT2D eigenvalue weighted by molar-refractivity contribution is -0.0198. The van der Waals surface area contributed by atoms with E-state index in [4.69, 9.17) is 14.2 Å². The van der Waals surface area contributed by atoms with E-state index in [1.54, 1.807) is 12.7 Å². The normalized spacial score (nSPS) is 47.1. The highest BCUT2D eigenvalue weighted by molar-refractivity contribution is 5.27. The SMILES string of the molecule is C=C1CC[C@]2(CO2)[C@@H]([C@@]2(C)OC2CC=C2CCCC2)[C@@H]1OC. The number of rotatable bonds is 4. The van der Waals surface area contributed by atoms with E-state index in [1.165, 1.54) is 31.3 Å². The van der Waals surface area contributed by atoms with Gasteiger partial charge in [-0.3, -0.25) is 0 Å². The molecule has 4 aliphatic rings. The summed E-state index contributed by atoms with van der Waals surface area (Å²) in [6.07, 6.45) is 11.3. The largest absolute Gasteiger partial charge is 0.377 e. The van der Waals surface area contributed by atoms with E-state index in [-0.39, 0.29) is 17.3 Å². The van der Waals surface area contributed by atoms with Crippen LogP contribution in [0.25, 0.3) is 0 Å². The second-order valence-corrected chi connectivity index (χ2v) is 7.74. The van der Waals surface area contributed by atoms with Gasteiger partial charge in [-0.2, -0.15) is 0 Å². The molecule has 2 saturated heterocycles. The lowest BCUT2D eigenvalue weighted by atomic mass is 9.68. The van der Waals surface area contributed by atoms with Crippen LogP contribution in [0.4, 0.5) is 0 Å². The van der Waals surface area contributed by atoms with Crippen molar-refractivity contribution in [3.8, 4) is 0 Å². The highest BCUT2D eigenvalue weighted by Gasteiger charge is 2.70. The second kappa shape index (κ2) is 5.19. The van der Waals surface area contributed by atoms with Gasteiger partial charge in [0.05, 0.1) is 24.7 Å². The van der Waals surface area contributed by atoms with Crippen molar-refractivity contribution in [2.45, 2.75) is 75.3 Å². The van der Waals surface area contributed by atoms with E-state index < -0.39 is 0 Å². The number of epoxide rings is 2. The molecular weight excluding hydrogens is 276 g/mol. The van der Waals surface area contributed by atoms with E-state index in [0.29, 0.717) is 12.0 Å². The van der Waals surface area contributed by atoms with E-state index in [0.717, 1.165) is 25.9 Å². The van der Waals surface area contributed by atoms with Gasteiger partial charge in [0.2, 0.25) is 0 Å². The molecule has 2 aliphatic heterocycles. The number of methoxy groups -OCH3 is 1. The number of hydrogen-bond acceptors (Lipinski definition) is 3. The molecule has 0 aromatic carbocycles. The van der Waals surface area contributed by atoms with E-state index in [9.17, 15) is 0 Å². The summed E-state index contributed by atoms with van der Waals surface area (Å²) in [6, 6.07) is 0. The summed E-state index contributed by atoms with van der Waals surface area (Å²) in [4.78, 5) is 0. The van der Waals surface area contributed by atoms with E-state index in [2.05, 4.69) is 19.6 Å². The zero-order chi connectivity index (χ0) is 15.4. The maximum Gasteiger partial charge on any atom is 0.101 e. The van der Waals surface area contributed by atoms with Crippen molar-refractivity contribution in [2.75, 3.05) is 13.7 Å². The van der Waals surface area contributed by atoms with Gasteiger partial charge >= 0.3 is 0 Å². The number of allylic oxidation sites excluding steroid dienone is 1. The van der Waals surface area contributed by atoms with Crippen molar-refractivity contribution in [2.24, 2.45) is 5.92 Å². The summed E-state index contributed by atoms with van der Waals surface area (Å²) in [5, 5.41) is 0. The summed E-state index contributed by atoms with van der Waals surface area (Å²) in [6.45, 7) is 7.35. The summed E-state index contributed by atoms with van der Waals surface area (Å²) < 4.78 is 17.9. The Morgan fingerprint density at radius 1 is 1.32 bits per heavy atom. The van der Waals surface area contributed by atoms with Crippen molar-refractivity contribution in [1.29, 1.82) is 0 Å². The van der Waals surface area contributed by atoms with Crippen LogP contribution < -0.4 is 0 Å². The van der Waals surface area contributed by atoms with Crippen LogP contribution in [-0.2, 0) is 14.2 Å². The first-order chi connectivity index (χ1) is 10.6. The summed E-state index contributed by atoms with van der Waals surface area (Å²) in [5.74, 6) is 0.290. The predicted molar refractivity (Wildman–Crippen MR) is 85.8 cm³/mol. The third-order valence-electron chi connectivity index (χ3n) is 6.37. The van der Waals surface area contributed by atoms with Crippen LogP contribution in [-0.4, -0.2) is 37.1 Å². The lowest BCUT2D eigenvalue weighted by Crippen LogP contribution is -2.49. The molecule has 2 saturated carbocycles. The molecule has 1 spiro atoms. The van der Waals surface area contributed by atoms with Gasteiger partial charge < -0.3 is 14.2 Å². The highest BCUT2D eigenvalue weighted by atomic mass is 16.6. The molecule has 4 rings (SSSR count). The first kappa shape index (κ1) is 14.9. The van der Waals surface area contributed by atoms with Gasteiger partial charge in [0.15, 0.2) is 0 Å². The van der Waals surface area contributed by atoms with Crippen LogP contribution in [0.15, 0.2) is 23.8 Å². The Morgan fingerprint density at radius 2 is 2.05 bits per heavy atom.